The average molecular weight is 624 g/mol. The quantitative estimate of drug-likeness (QED) is 0.164. The molecule has 3 aromatic carbocycles. The highest BCUT2D eigenvalue weighted by molar-refractivity contribution is 6.31. The van der Waals surface area contributed by atoms with Gasteiger partial charge in [0.1, 0.15) is 5.75 Å². The van der Waals surface area contributed by atoms with Gasteiger partial charge in [0.05, 0.1) is 19.7 Å². The molecule has 1 unspecified atom stereocenters. The van der Waals surface area contributed by atoms with E-state index in [4.69, 9.17) is 16.3 Å². The predicted octanol–water partition coefficient (Wildman–Crippen LogP) is 6.18. The van der Waals surface area contributed by atoms with Gasteiger partial charge in [0, 0.05) is 77.9 Å². The maximum atomic E-state index is 13.5. The van der Waals surface area contributed by atoms with Crippen molar-refractivity contribution < 1.29 is 14.3 Å². The zero-order valence-electron chi connectivity index (χ0n) is 25.6. The van der Waals surface area contributed by atoms with E-state index in [0.29, 0.717) is 31.1 Å². The molecule has 0 saturated carbocycles. The van der Waals surface area contributed by atoms with E-state index in [-0.39, 0.29) is 24.4 Å². The lowest BCUT2D eigenvalue weighted by molar-refractivity contribution is -0.131. The minimum absolute atomic E-state index is 0.0604. The van der Waals surface area contributed by atoms with Gasteiger partial charge >= 0.3 is 0 Å². The van der Waals surface area contributed by atoms with Gasteiger partial charge < -0.3 is 24.9 Å². The smallest absolute Gasteiger partial charge is 0.234 e. The second-order valence-corrected chi connectivity index (χ2v) is 12.1. The molecule has 45 heavy (non-hydrogen) atoms. The first-order chi connectivity index (χ1) is 21.9. The number of aromatic amines is 2. The van der Waals surface area contributed by atoms with Crippen LogP contribution < -0.4 is 10.1 Å². The molecule has 2 amide bonds. The summed E-state index contributed by atoms with van der Waals surface area (Å²) in [6.45, 7) is 4.02. The van der Waals surface area contributed by atoms with Gasteiger partial charge in [-0.25, -0.2) is 0 Å². The first kappa shape index (κ1) is 30.5. The van der Waals surface area contributed by atoms with Crippen molar-refractivity contribution in [1.82, 2.24) is 25.1 Å². The number of carbonyl (C=O) groups excluding carboxylic acids is 2. The third-order valence-corrected chi connectivity index (χ3v) is 8.98. The number of H-pyrrole nitrogens is 2. The topological polar surface area (TPSA) is 93.5 Å². The molecule has 0 fully saturated rings. The number of carbonyl (C=O) groups is 2. The number of ether oxygens (including phenoxy) is 1. The van der Waals surface area contributed by atoms with E-state index in [2.05, 4.69) is 44.6 Å². The molecule has 0 aliphatic carbocycles. The lowest BCUT2D eigenvalue weighted by Gasteiger charge is -2.30. The van der Waals surface area contributed by atoms with Gasteiger partial charge in [-0.15, -0.1) is 0 Å². The van der Waals surface area contributed by atoms with Gasteiger partial charge in [-0.2, -0.15) is 0 Å². The largest absolute Gasteiger partial charge is 0.497 e. The maximum absolute atomic E-state index is 13.5. The SMILES string of the molecule is COc1ccc2[nH]cc(C3=CCN(CC(=O)NC(Cc4c[nH]c5ccccc45)CN(Cc4ccccc4Cl)C(C)=O)CC3)c2c1. The molecule has 0 saturated heterocycles. The van der Waals surface area contributed by atoms with Crippen LogP contribution in [0.3, 0.4) is 0 Å². The second kappa shape index (κ2) is 13.6. The van der Waals surface area contributed by atoms with Crippen molar-refractivity contribution in [1.29, 1.82) is 0 Å². The Morgan fingerprint density at radius 3 is 2.56 bits per heavy atom. The van der Waals surface area contributed by atoms with Gasteiger partial charge in [-0.3, -0.25) is 14.5 Å². The molecule has 232 valence electrons. The zero-order valence-corrected chi connectivity index (χ0v) is 26.4. The molecule has 9 heteroatoms. The molecule has 2 aromatic heterocycles. The highest BCUT2D eigenvalue weighted by Gasteiger charge is 2.23. The summed E-state index contributed by atoms with van der Waals surface area (Å²) in [7, 11) is 1.68. The number of nitrogens with one attached hydrogen (secondary N) is 3. The van der Waals surface area contributed by atoms with Crippen LogP contribution in [0.15, 0.2) is 85.2 Å². The fourth-order valence-corrected chi connectivity index (χ4v) is 6.39. The molecule has 0 spiro atoms. The third kappa shape index (κ3) is 7.08. The van der Waals surface area contributed by atoms with Crippen LogP contribution in [-0.4, -0.2) is 70.9 Å². The number of hydrogen-bond acceptors (Lipinski definition) is 4. The summed E-state index contributed by atoms with van der Waals surface area (Å²) < 4.78 is 5.44. The summed E-state index contributed by atoms with van der Waals surface area (Å²) >= 11 is 6.44. The van der Waals surface area contributed by atoms with E-state index in [1.165, 1.54) is 11.1 Å². The monoisotopic (exact) mass is 623 g/mol. The van der Waals surface area contributed by atoms with Gasteiger partial charge in [0.15, 0.2) is 0 Å². The van der Waals surface area contributed by atoms with Crippen LogP contribution in [0.5, 0.6) is 5.75 Å². The number of para-hydroxylation sites is 1. The molecular weight excluding hydrogens is 586 g/mol. The molecule has 5 aromatic rings. The predicted molar refractivity (Wildman–Crippen MR) is 180 cm³/mol. The van der Waals surface area contributed by atoms with E-state index < -0.39 is 0 Å². The van der Waals surface area contributed by atoms with Gasteiger partial charge in [-0.05, 0) is 59.9 Å². The first-order valence-electron chi connectivity index (χ1n) is 15.3. The number of nitrogens with zero attached hydrogens (tertiary/aromatic N) is 2. The molecule has 6 rings (SSSR count). The Kier molecular flexibility index (Phi) is 9.23. The first-order valence-corrected chi connectivity index (χ1v) is 15.7. The van der Waals surface area contributed by atoms with Gasteiger partial charge in [0.25, 0.3) is 0 Å². The number of methoxy groups -OCH3 is 1. The minimum Gasteiger partial charge on any atom is -0.497 e. The number of aromatic nitrogens is 2. The Morgan fingerprint density at radius 1 is 1.00 bits per heavy atom. The van der Waals surface area contributed by atoms with Crippen molar-refractivity contribution in [2.24, 2.45) is 0 Å². The van der Waals surface area contributed by atoms with Gasteiger partial charge in [0.2, 0.25) is 11.8 Å². The van der Waals surface area contributed by atoms with Crippen LogP contribution >= 0.6 is 11.6 Å². The van der Waals surface area contributed by atoms with Gasteiger partial charge in [-0.1, -0.05) is 54.1 Å². The number of hydrogen-bond donors (Lipinski definition) is 3. The third-order valence-electron chi connectivity index (χ3n) is 8.61. The van der Waals surface area contributed by atoms with Crippen LogP contribution in [-0.2, 0) is 22.6 Å². The second-order valence-electron chi connectivity index (χ2n) is 11.6. The summed E-state index contributed by atoms with van der Waals surface area (Å²) in [6, 6.07) is 21.4. The van der Waals surface area contributed by atoms with Crippen molar-refractivity contribution in [3.63, 3.8) is 0 Å². The van der Waals surface area contributed by atoms with E-state index in [0.717, 1.165) is 51.6 Å². The van der Waals surface area contributed by atoms with Crippen molar-refractivity contribution in [2.45, 2.75) is 32.4 Å². The minimum atomic E-state index is -0.291. The molecular formula is C36H38ClN5O3. The summed E-state index contributed by atoms with van der Waals surface area (Å²) in [5.74, 6) is 0.696. The zero-order chi connectivity index (χ0) is 31.3. The lowest BCUT2D eigenvalue weighted by atomic mass is 9.98. The molecule has 0 bridgehead atoms. The number of amides is 2. The summed E-state index contributed by atoms with van der Waals surface area (Å²) in [5.41, 5.74) is 6.52. The van der Waals surface area contributed by atoms with E-state index in [1.54, 1.807) is 18.9 Å². The molecule has 3 heterocycles. The van der Waals surface area contributed by atoms with Crippen molar-refractivity contribution in [2.75, 3.05) is 33.3 Å². The lowest BCUT2D eigenvalue weighted by Crippen LogP contribution is -2.49. The summed E-state index contributed by atoms with van der Waals surface area (Å²) in [5, 5.41) is 6.13. The van der Waals surface area contributed by atoms with E-state index >= 15 is 0 Å². The Balaban J connectivity index is 1.15. The fourth-order valence-electron chi connectivity index (χ4n) is 6.20. The Bertz CT molecular complexity index is 1860. The van der Waals surface area contributed by atoms with Crippen LogP contribution in [0.25, 0.3) is 27.4 Å². The van der Waals surface area contributed by atoms with E-state index in [9.17, 15) is 9.59 Å². The Labute approximate surface area is 268 Å². The Morgan fingerprint density at radius 2 is 1.78 bits per heavy atom. The van der Waals surface area contributed by atoms with Crippen molar-refractivity contribution >= 4 is 50.8 Å². The number of benzene rings is 3. The molecule has 1 aliphatic heterocycles. The normalized spacial score (nSPS) is 14.3. The summed E-state index contributed by atoms with van der Waals surface area (Å²) in [4.78, 5) is 36.9. The molecule has 1 atom stereocenters. The molecule has 3 N–H and O–H groups in total. The van der Waals surface area contributed by atoms with Crippen molar-refractivity contribution in [3.8, 4) is 5.75 Å². The summed E-state index contributed by atoms with van der Waals surface area (Å²) in [6.07, 6.45) is 7.68. The standard InChI is InChI=1S/C36H38ClN5O3/c1-24(43)42(21-26-7-3-5-9-33(26)37)22-28(17-27-19-38-34-10-6-4-8-30(27)34)40-36(44)23-41-15-13-25(14-16-41)32-20-39-35-12-11-29(45-2)18-31(32)35/h3-13,18-20,28,38-39H,14-17,21-23H2,1-2H3,(H,40,44). The molecule has 1 aliphatic rings. The Hall–Kier alpha value is -4.53. The van der Waals surface area contributed by atoms with Crippen LogP contribution in [0, 0.1) is 0 Å². The molecule has 0 radical (unpaired) electrons. The van der Waals surface area contributed by atoms with E-state index in [1.807, 2.05) is 60.8 Å². The average Bonchev–Trinajstić information content (AvgIpc) is 3.66. The maximum Gasteiger partial charge on any atom is 0.234 e. The number of rotatable bonds is 11. The van der Waals surface area contributed by atoms with Crippen molar-refractivity contribution in [3.05, 3.63) is 107 Å². The fraction of sp³-hybridized carbons (Fsp3) is 0.278. The van der Waals surface area contributed by atoms with Crippen LogP contribution in [0.1, 0.15) is 30.0 Å². The highest BCUT2D eigenvalue weighted by atomic mass is 35.5. The molecule has 8 nitrogen and oxygen atoms in total. The van der Waals surface area contributed by atoms with Crippen LogP contribution in [0.2, 0.25) is 5.02 Å². The highest BCUT2D eigenvalue weighted by Crippen LogP contribution is 2.31. The number of halogens is 1. The van der Waals surface area contributed by atoms with Crippen LogP contribution in [0.4, 0.5) is 0 Å². The number of fused-ring (bicyclic) bond motifs is 2.